The molecule has 8 heteroatoms. The monoisotopic (exact) mass is 512 g/mol. The van der Waals surface area contributed by atoms with Crippen molar-refractivity contribution in [1.82, 2.24) is 13.9 Å². The molecule has 0 aliphatic heterocycles. The van der Waals surface area contributed by atoms with Gasteiger partial charge >= 0.3 is 0 Å². The minimum atomic E-state index is -0.154. The van der Waals surface area contributed by atoms with Crippen LogP contribution >= 0.6 is 11.3 Å². The Morgan fingerprint density at radius 2 is 1.57 bits per heavy atom. The molecule has 0 N–H and O–H groups in total. The van der Waals surface area contributed by atoms with Gasteiger partial charge in [-0.3, -0.25) is 9.48 Å². The minimum absolute atomic E-state index is 0.154. The average molecular weight is 513 g/mol. The lowest BCUT2D eigenvalue weighted by Gasteiger charge is -2.12. The van der Waals surface area contributed by atoms with Crippen molar-refractivity contribution >= 4 is 17.0 Å². The van der Waals surface area contributed by atoms with E-state index in [1.54, 1.807) is 18.9 Å². The van der Waals surface area contributed by atoms with Crippen molar-refractivity contribution in [2.75, 3.05) is 14.2 Å². The third-order valence-electron chi connectivity index (χ3n) is 6.39. The van der Waals surface area contributed by atoms with Crippen LogP contribution in [-0.2, 0) is 13.6 Å². The molecule has 2 heterocycles. The van der Waals surface area contributed by atoms with Gasteiger partial charge in [0.15, 0.2) is 22.0 Å². The molecule has 5 aromatic rings. The molecule has 7 nitrogen and oxygen atoms in total. The van der Waals surface area contributed by atoms with Crippen molar-refractivity contribution in [2.24, 2.45) is 12.0 Å². The summed E-state index contributed by atoms with van der Waals surface area (Å²) in [5, 5.41) is 2.07. The molecule has 0 aliphatic carbocycles. The number of aromatic nitrogens is 3. The lowest BCUT2D eigenvalue weighted by atomic mass is 10.1. The summed E-state index contributed by atoms with van der Waals surface area (Å²) in [6, 6.07) is 25.7. The molecule has 0 fully saturated rings. The summed E-state index contributed by atoms with van der Waals surface area (Å²) < 4.78 is 16.6. The maximum absolute atomic E-state index is 13.5. The van der Waals surface area contributed by atoms with E-state index in [-0.39, 0.29) is 5.56 Å². The molecule has 2 aromatic heterocycles. The number of thiazole rings is 1. The Kier molecular flexibility index (Phi) is 6.83. The quantitative estimate of drug-likeness (QED) is 0.297. The van der Waals surface area contributed by atoms with Crippen molar-refractivity contribution in [1.29, 1.82) is 0 Å². The zero-order chi connectivity index (χ0) is 25.9. The van der Waals surface area contributed by atoms with Crippen LogP contribution in [0.2, 0.25) is 0 Å². The molecule has 0 unspecified atom stereocenters. The van der Waals surface area contributed by atoms with E-state index in [1.165, 1.54) is 11.3 Å². The highest BCUT2D eigenvalue weighted by Crippen LogP contribution is 2.33. The fourth-order valence-corrected chi connectivity index (χ4v) is 5.26. The number of ether oxygens (including phenoxy) is 2. The zero-order valence-corrected chi connectivity index (χ0v) is 22.0. The lowest BCUT2D eigenvalue weighted by Crippen LogP contribution is -2.20. The third kappa shape index (κ3) is 4.63. The molecular weight excluding hydrogens is 484 g/mol. The predicted octanol–water partition coefficient (Wildman–Crippen LogP) is 5.31. The van der Waals surface area contributed by atoms with E-state index in [4.69, 9.17) is 14.5 Å². The van der Waals surface area contributed by atoms with Crippen LogP contribution in [0.25, 0.3) is 16.9 Å². The number of para-hydroxylation sites is 1. The van der Waals surface area contributed by atoms with E-state index in [0.717, 1.165) is 33.0 Å². The van der Waals surface area contributed by atoms with Crippen molar-refractivity contribution in [3.8, 4) is 28.4 Å². The molecule has 3 aromatic carbocycles. The van der Waals surface area contributed by atoms with Gasteiger partial charge in [-0.1, -0.05) is 48.5 Å². The summed E-state index contributed by atoms with van der Waals surface area (Å²) in [5.74, 6) is 1.32. The van der Waals surface area contributed by atoms with Gasteiger partial charge in [0.2, 0.25) is 0 Å². The first-order chi connectivity index (χ1) is 18.0. The van der Waals surface area contributed by atoms with Crippen molar-refractivity contribution < 1.29 is 9.47 Å². The summed E-state index contributed by atoms with van der Waals surface area (Å²) in [7, 11) is 5.13. The molecule has 0 bridgehead atoms. The molecular formula is C29H28N4O3S. The van der Waals surface area contributed by atoms with Crippen LogP contribution in [0.1, 0.15) is 11.3 Å². The van der Waals surface area contributed by atoms with Crippen molar-refractivity contribution in [3.63, 3.8) is 0 Å². The molecule has 0 aliphatic rings. The molecule has 188 valence electrons. The largest absolute Gasteiger partial charge is 0.493 e. The summed E-state index contributed by atoms with van der Waals surface area (Å²) in [4.78, 5) is 19.2. The molecule has 37 heavy (non-hydrogen) atoms. The second kappa shape index (κ2) is 10.4. The molecule has 0 saturated heterocycles. The van der Waals surface area contributed by atoms with E-state index < -0.39 is 0 Å². The highest BCUT2D eigenvalue weighted by Gasteiger charge is 2.17. The standard InChI is InChI=1S/C29H28N4O3S/c1-20-27(28(34)33(31(20)2)23-13-9-6-10-14-23)30-29-32(18-21-11-7-5-8-12-21)24(19-37-29)22-15-16-25(35-3)26(17-22)36-4/h5-17,19H,18H2,1-4H3. The molecule has 0 radical (unpaired) electrons. The van der Waals surface area contributed by atoms with Gasteiger partial charge in [0.25, 0.3) is 5.56 Å². The van der Waals surface area contributed by atoms with E-state index in [0.29, 0.717) is 23.7 Å². The second-order valence-corrected chi connectivity index (χ2v) is 9.40. The number of hydrogen-bond donors (Lipinski definition) is 0. The van der Waals surface area contributed by atoms with E-state index in [1.807, 2.05) is 85.4 Å². The maximum Gasteiger partial charge on any atom is 0.297 e. The maximum atomic E-state index is 13.5. The fraction of sp³-hybridized carbons (Fsp3) is 0.172. The fourth-order valence-electron chi connectivity index (χ4n) is 4.34. The number of benzene rings is 3. The topological polar surface area (TPSA) is 62.7 Å². The average Bonchev–Trinajstić information content (AvgIpc) is 3.42. The van der Waals surface area contributed by atoms with Crippen molar-refractivity contribution in [3.05, 3.63) is 111 Å². The molecule has 0 atom stereocenters. The SMILES string of the molecule is COc1ccc(-c2csc(=Nc3c(C)n(C)n(-c4ccccc4)c3=O)n2Cc2ccccc2)cc1OC. The lowest BCUT2D eigenvalue weighted by molar-refractivity contribution is 0.355. The Morgan fingerprint density at radius 3 is 2.24 bits per heavy atom. The number of hydrogen-bond acceptors (Lipinski definition) is 5. The van der Waals surface area contributed by atoms with Gasteiger partial charge in [-0.2, -0.15) is 0 Å². The molecule has 0 amide bonds. The Bertz CT molecular complexity index is 1660. The molecule has 0 spiro atoms. The van der Waals surface area contributed by atoms with Crippen LogP contribution in [0.15, 0.2) is 94.0 Å². The highest BCUT2D eigenvalue weighted by atomic mass is 32.1. The Morgan fingerprint density at radius 1 is 0.892 bits per heavy atom. The Balaban J connectivity index is 1.70. The zero-order valence-electron chi connectivity index (χ0n) is 21.2. The summed E-state index contributed by atoms with van der Waals surface area (Å²) in [6.45, 7) is 2.52. The van der Waals surface area contributed by atoms with Gasteiger partial charge in [0.1, 0.15) is 0 Å². The number of nitrogens with zero attached hydrogens (tertiary/aromatic N) is 4. The van der Waals surface area contributed by atoms with Crippen LogP contribution in [0.5, 0.6) is 11.5 Å². The summed E-state index contributed by atoms with van der Waals surface area (Å²) in [6.07, 6.45) is 0. The van der Waals surface area contributed by atoms with Crippen LogP contribution in [0.3, 0.4) is 0 Å². The van der Waals surface area contributed by atoms with Crippen molar-refractivity contribution in [2.45, 2.75) is 13.5 Å². The van der Waals surface area contributed by atoms with Gasteiger partial charge in [0.05, 0.1) is 37.8 Å². The van der Waals surface area contributed by atoms with Crippen LogP contribution in [0.4, 0.5) is 5.69 Å². The van der Waals surface area contributed by atoms with Crippen LogP contribution in [-0.4, -0.2) is 28.2 Å². The van der Waals surface area contributed by atoms with Crippen LogP contribution < -0.4 is 19.8 Å². The Hall–Kier alpha value is -4.30. The number of rotatable bonds is 7. The highest BCUT2D eigenvalue weighted by molar-refractivity contribution is 7.07. The number of methoxy groups -OCH3 is 2. The Labute approximate surface area is 219 Å². The second-order valence-electron chi connectivity index (χ2n) is 8.57. The normalized spacial score (nSPS) is 11.6. The summed E-state index contributed by atoms with van der Waals surface area (Å²) >= 11 is 1.50. The first-order valence-electron chi connectivity index (χ1n) is 11.8. The third-order valence-corrected chi connectivity index (χ3v) is 7.26. The minimum Gasteiger partial charge on any atom is -0.493 e. The smallest absolute Gasteiger partial charge is 0.297 e. The predicted molar refractivity (Wildman–Crippen MR) is 147 cm³/mol. The first kappa shape index (κ1) is 24.4. The molecule has 5 rings (SSSR count). The van der Waals surface area contributed by atoms with Crippen LogP contribution in [0, 0.1) is 6.92 Å². The van der Waals surface area contributed by atoms with E-state index in [2.05, 4.69) is 22.1 Å². The van der Waals surface area contributed by atoms with Gasteiger partial charge in [-0.05, 0) is 42.8 Å². The van der Waals surface area contributed by atoms with E-state index in [9.17, 15) is 4.79 Å². The molecule has 0 saturated carbocycles. The van der Waals surface area contributed by atoms with Gasteiger partial charge in [-0.25, -0.2) is 9.67 Å². The van der Waals surface area contributed by atoms with Gasteiger partial charge in [-0.15, -0.1) is 11.3 Å². The van der Waals surface area contributed by atoms with E-state index >= 15 is 0 Å². The summed E-state index contributed by atoms with van der Waals surface area (Å²) in [5.41, 5.74) is 4.95. The van der Waals surface area contributed by atoms with Gasteiger partial charge < -0.3 is 14.0 Å². The first-order valence-corrected chi connectivity index (χ1v) is 12.7. The van der Waals surface area contributed by atoms with Gasteiger partial charge in [0, 0.05) is 18.0 Å².